The number of sulfonamides is 1. The molecule has 5 nitrogen and oxygen atoms in total. The summed E-state index contributed by atoms with van der Waals surface area (Å²) < 4.78 is 27.0. The molecule has 1 aliphatic rings. The summed E-state index contributed by atoms with van der Waals surface area (Å²) >= 11 is 3.27. The molecule has 0 spiro atoms. The SMILES string of the molecule is CN([C@@H]1CCN(C#N)C1)S(=O)(=O)c1cccc(Br)c1. The van der Waals surface area contributed by atoms with Crippen LogP contribution in [-0.4, -0.2) is 43.8 Å². The van der Waals surface area contributed by atoms with Gasteiger partial charge >= 0.3 is 0 Å². The Balaban J connectivity index is 2.23. The number of benzene rings is 1. The van der Waals surface area contributed by atoms with Crippen molar-refractivity contribution in [2.24, 2.45) is 0 Å². The van der Waals surface area contributed by atoms with Crippen LogP contribution in [0.1, 0.15) is 6.42 Å². The second-order valence-electron chi connectivity index (χ2n) is 4.47. The first-order valence-corrected chi connectivity index (χ1v) is 8.07. The first-order valence-electron chi connectivity index (χ1n) is 5.83. The highest BCUT2D eigenvalue weighted by Gasteiger charge is 2.32. The average molecular weight is 344 g/mol. The third-order valence-electron chi connectivity index (χ3n) is 3.29. The quantitative estimate of drug-likeness (QED) is 0.782. The zero-order valence-electron chi connectivity index (χ0n) is 10.5. The number of halogens is 1. The molecule has 19 heavy (non-hydrogen) atoms. The molecule has 0 aliphatic carbocycles. The predicted molar refractivity (Wildman–Crippen MR) is 74.7 cm³/mol. The van der Waals surface area contributed by atoms with Crippen LogP contribution >= 0.6 is 15.9 Å². The number of nitrogens with zero attached hydrogens (tertiary/aromatic N) is 3. The highest BCUT2D eigenvalue weighted by atomic mass is 79.9. The molecule has 1 aromatic carbocycles. The summed E-state index contributed by atoms with van der Waals surface area (Å²) in [6.45, 7) is 1.07. The van der Waals surface area contributed by atoms with Crippen molar-refractivity contribution in [2.45, 2.75) is 17.4 Å². The van der Waals surface area contributed by atoms with Crippen molar-refractivity contribution in [3.63, 3.8) is 0 Å². The summed E-state index contributed by atoms with van der Waals surface area (Å²) in [4.78, 5) is 1.84. The lowest BCUT2D eigenvalue weighted by Crippen LogP contribution is -2.38. The number of nitriles is 1. The number of likely N-dealkylation sites (N-methyl/N-ethyl adjacent to an activating group) is 1. The molecule has 7 heteroatoms. The van der Waals surface area contributed by atoms with Crippen LogP contribution in [0.3, 0.4) is 0 Å². The van der Waals surface area contributed by atoms with Crippen molar-refractivity contribution < 1.29 is 8.42 Å². The van der Waals surface area contributed by atoms with Gasteiger partial charge in [-0.1, -0.05) is 22.0 Å². The smallest absolute Gasteiger partial charge is 0.243 e. The molecular weight excluding hydrogens is 330 g/mol. The molecule has 0 amide bonds. The fourth-order valence-electron chi connectivity index (χ4n) is 2.12. The van der Waals surface area contributed by atoms with Crippen LogP contribution in [0.4, 0.5) is 0 Å². The summed E-state index contributed by atoms with van der Waals surface area (Å²) in [5, 5.41) is 8.82. The highest BCUT2D eigenvalue weighted by molar-refractivity contribution is 9.10. The van der Waals surface area contributed by atoms with E-state index >= 15 is 0 Å². The topological polar surface area (TPSA) is 64.4 Å². The van der Waals surface area contributed by atoms with E-state index in [1.807, 2.05) is 0 Å². The second kappa shape index (κ2) is 5.49. The van der Waals surface area contributed by atoms with Gasteiger partial charge in [0.1, 0.15) is 0 Å². The minimum absolute atomic E-state index is 0.149. The molecule has 1 heterocycles. The van der Waals surface area contributed by atoms with Gasteiger partial charge in [-0.25, -0.2) is 8.42 Å². The molecule has 0 radical (unpaired) electrons. The summed E-state index contributed by atoms with van der Waals surface area (Å²) in [6, 6.07) is 6.49. The minimum atomic E-state index is -3.51. The maximum absolute atomic E-state index is 12.5. The molecule has 2 rings (SSSR count). The summed E-state index contributed by atoms with van der Waals surface area (Å²) in [6.07, 6.45) is 2.73. The van der Waals surface area contributed by atoms with Crippen LogP contribution in [0.25, 0.3) is 0 Å². The van der Waals surface area contributed by atoms with Crippen molar-refractivity contribution >= 4 is 26.0 Å². The lowest BCUT2D eigenvalue weighted by Gasteiger charge is -2.23. The Labute approximate surface area is 121 Å². The molecular formula is C12H14BrN3O2S. The standard InChI is InChI=1S/C12H14BrN3O2S/c1-15(11-5-6-16(8-11)9-14)19(17,18)12-4-2-3-10(13)7-12/h2-4,7,11H,5-6,8H2,1H3/t11-/m1/s1. The van der Waals surface area contributed by atoms with E-state index in [2.05, 4.69) is 22.1 Å². The Morgan fingerprint density at radius 2 is 2.26 bits per heavy atom. The molecule has 0 bridgehead atoms. The van der Waals surface area contributed by atoms with E-state index in [1.54, 1.807) is 36.2 Å². The zero-order chi connectivity index (χ0) is 14.0. The molecule has 0 N–H and O–H groups in total. The third kappa shape index (κ3) is 2.91. The van der Waals surface area contributed by atoms with Gasteiger partial charge in [0.25, 0.3) is 0 Å². The Bertz CT molecular complexity index is 612. The first kappa shape index (κ1) is 14.3. The minimum Gasteiger partial charge on any atom is -0.309 e. The Hall–Kier alpha value is -1.10. The lowest BCUT2D eigenvalue weighted by atomic mass is 10.3. The molecule has 0 unspecified atom stereocenters. The van der Waals surface area contributed by atoms with Gasteiger partial charge in [0, 0.05) is 30.7 Å². The van der Waals surface area contributed by atoms with Crippen molar-refractivity contribution in [3.8, 4) is 6.19 Å². The first-order chi connectivity index (χ1) is 8.95. The van der Waals surface area contributed by atoms with Crippen LogP contribution < -0.4 is 0 Å². The molecule has 1 fully saturated rings. The van der Waals surface area contributed by atoms with Crippen molar-refractivity contribution in [1.29, 1.82) is 5.26 Å². The number of rotatable bonds is 3. The monoisotopic (exact) mass is 343 g/mol. The van der Waals surface area contributed by atoms with E-state index in [0.29, 0.717) is 19.5 Å². The number of hydrogen-bond acceptors (Lipinski definition) is 4. The van der Waals surface area contributed by atoms with E-state index in [0.717, 1.165) is 4.47 Å². The number of hydrogen-bond donors (Lipinski definition) is 0. The van der Waals surface area contributed by atoms with Gasteiger partial charge < -0.3 is 4.90 Å². The van der Waals surface area contributed by atoms with E-state index < -0.39 is 10.0 Å². The Morgan fingerprint density at radius 1 is 1.53 bits per heavy atom. The summed E-state index contributed by atoms with van der Waals surface area (Å²) in [7, 11) is -1.94. The van der Waals surface area contributed by atoms with E-state index in [-0.39, 0.29) is 10.9 Å². The van der Waals surface area contributed by atoms with Crippen LogP contribution in [-0.2, 0) is 10.0 Å². The van der Waals surface area contributed by atoms with Crippen molar-refractivity contribution in [3.05, 3.63) is 28.7 Å². The van der Waals surface area contributed by atoms with Crippen molar-refractivity contribution in [1.82, 2.24) is 9.21 Å². The molecule has 1 atom stereocenters. The second-order valence-corrected chi connectivity index (χ2v) is 7.38. The molecule has 102 valence electrons. The van der Waals surface area contributed by atoms with Crippen molar-refractivity contribution in [2.75, 3.05) is 20.1 Å². The van der Waals surface area contributed by atoms with Gasteiger partial charge in [-0.2, -0.15) is 9.57 Å². The van der Waals surface area contributed by atoms with Crippen LogP contribution in [0, 0.1) is 11.5 Å². The van der Waals surface area contributed by atoms with Gasteiger partial charge in [-0.05, 0) is 24.6 Å². The average Bonchev–Trinajstić information content (AvgIpc) is 2.86. The van der Waals surface area contributed by atoms with Gasteiger partial charge in [0.15, 0.2) is 6.19 Å². The molecule has 0 saturated carbocycles. The van der Waals surface area contributed by atoms with Crippen LogP contribution in [0.5, 0.6) is 0 Å². The molecule has 1 aromatic rings. The van der Waals surface area contributed by atoms with E-state index in [9.17, 15) is 8.42 Å². The zero-order valence-corrected chi connectivity index (χ0v) is 12.9. The fourth-order valence-corrected chi connectivity index (χ4v) is 4.09. The van der Waals surface area contributed by atoms with Gasteiger partial charge in [-0.15, -0.1) is 0 Å². The number of likely N-dealkylation sites (tertiary alicyclic amines) is 1. The summed E-state index contributed by atoms with van der Waals surface area (Å²) in [5.74, 6) is 0. The third-order valence-corrected chi connectivity index (χ3v) is 5.69. The highest BCUT2D eigenvalue weighted by Crippen LogP contribution is 2.23. The fraction of sp³-hybridized carbons (Fsp3) is 0.417. The Kier molecular flexibility index (Phi) is 4.13. The summed E-state index contributed by atoms with van der Waals surface area (Å²) in [5.41, 5.74) is 0. The predicted octanol–water partition coefficient (Wildman–Crippen LogP) is 1.62. The molecule has 1 aliphatic heterocycles. The largest absolute Gasteiger partial charge is 0.309 e. The van der Waals surface area contributed by atoms with E-state index in [1.165, 1.54) is 4.31 Å². The maximum Gasteiger partial charge on any atom is 0.243 e. The maximum atomic E-state index is 12.5. The van der Waals surface area contributed by atoms with Crippen LogP contribution in [0.2, 0.25) is 0 Å². The van der Waals surface area contributed by atoms with E-state index in [4.69, 9.17) is 5.26 Å². The molecule has 1 saturated heterocycles. The van der Waals surface area contributed by atoms with Gasteiger partial charge in [0.2, 0.25) is 10.0 Å². The van der Waals surface area contributed by atoms with Gasteiger partial charge in [0.05, 0.1) is 4.90 Å². The van der Waals surface area contributed by atoms with Crippen LogP contribution in [0.15, 0.2) is 33.6 Å². The van der Waals surface area contributed by atoms with Gasteiger partial charge in [-0.3, -0.25) is 0 Å². The normalized spacial score (nSPS) is 19.7. The lowest BCUT2D eigenvalue weighted by molar-refractivity contribution is 0.365. The molecule has 0 aromatic heterocycles. The Morgan fingerprint density at radius 3 is 2.84 bits per heavy atom.